The van der Waals surface area contributed by atoms with Crippen LogP contribution in [0.5, 0.6) is 11.5 Å². The highest BCUT2D eigenvalue weighted by molar-refractivity contribution is 7.99. The summed E-state index contributed by atoms with van der Waals surface area (Å²) in [4.78, 5) is 0. The normalized spacial score (nSPS) is 10.6. The second-order valence-electron chi connectivity index (χ2n) is 7.58. The summed E-state index contributed by atoms with van der Waals surface area (Å²) in [5, 5.41) is 16.6. The highest BCUT2D eigenvalue weighted by atomic mass is 35.5. The molecule has 0 radical (unpaired) electrons. The third kappa shape index (κ3) is 7.33. The van der Waals surface area contributed by atoms with E-state index in [1.165, 1.54) is 6.07 Å². The molecule has 0 saturated heterocycles. The summed E-state index contributed by atoms with van der Waals surface area (Å²) >= 11 is 8.07. The molecule has 0 atom stereocenters. The van der Waals surface area contributed by atoms with E-state index in [0.717, 1.165) is 35.1 Å². The summed E-state index contributed by atoms with van der Waals surface area (Å²) < 4.78 is 26.9. The standard InChI is InChI=1S/C25H25ClFN5O2S.ClH/c1-33-23-15-18(14-21(26)24(23)34-17-19-8-5-6-11-22(19)27)16-28-12-7-13-35-25-29-30-31-32(25)20-9-3-2-4-10-20;/h2-6,8-11,14-15,28H,7,12-13,16-17H2,1H3;1H. The van der Waals surface area contributed by atoms with Gasteiger partial charge in [0.15, 0.2) is 11.5 Å². The molecule has 0 aliphatic carbocycles. The third-order valence-corrected chi connectivity index (χ3v) is 6.41. The minimum Gasteiger partial charge on any atom is -0.493 e. The molecule has 7 nitrogen and oxygen atoms in total. The Balaban J connectivity index is 0.00000361. The predicted octanol–water partition coefficient (Wildman–Crippen LogP) is 5.74. The van der Waals surface area contributed by atoms with E-state index >= 15 is 0 Å². The Morgan fingerprint density at radius 3 is 2.64 bits per heavy atom. The van der Waals surface area contributed by atoms with Crippen molar-refractivity contribution in [1.29, 1.82) is 0 Å². The topological polar surface area (TPSA) is 74.1 Å². The fourth-order valence-corrected chi connectivity index (χ4v) is 4.49. The molecule has 0 spiro atoms. The lowest BCUT2D eigenvalue weighted by Gasteiger charge is -2.15. The lowest BCUT2D eigenvalue weighted by Crippen LogP contribution is -2.15. The minimum atomic E-state index is -0.321. The van der Waals surface area contributed by atoms with Crippen molar-refractivity contribution in [2.75, 3.05) is 19.4 Å². The Labute approximate surface area is 224 Å². The Hall–Kier alpha value is -2.85. The van der Waals surface area contributed by atoms with Gasteiger partial charge in [-0.25, -0.2) is 4.39 Å². The summed E-state index contributed by atoms with van der Waals surface area (Å²) in [7, 11) is 1.55. The monoisotopic (exact) mass is 549 g/mol. The van der Waals surface area contributed by atoms with Crippen LogP contribution in [-0.4, -0.2) is 39.6 Å². The number of halogens is 3. The average Bonchev–Trinajstić information content (AvgIpc) is 3.35. The van der Waals surface area contributed by atoms with Crippen LogP contribution in [-0.2, 0) is 13.2 Å². The molecule has 190 valence electrons. The first-order valence-electron chi connectivity index (χ1n) is 11.1. The third-order valence-electron chi connectivity index (χ3n) is 5.12. The molecular weight excluding hydrogens is 524 g/mol. The van der Waals surface area contributed by atoms with Crippen molar-refractivity contribution in [3.8, 4) is 17.2 Å². The number of benzene rings is 3. The number of hydrogen-bond acceptors (Lipinski definition) is 7. The van der Waals surface area contributed by atoms with Crippen LogP contribution in [0.15, 0.2) is 71.9 Å². The highest BCUT2D eigenvalue weighted by Crippen LogP contribution is 2.37. The zero-order chi connectivity index (χ0) is 24.5. The zero-order valence-corrected chi connectivity index (χ0v) is 22.0. The number of nitrogens with zero attached hydrogens (tertiary/aromatic N) is 4. The van der Waals surface area contributed by atoms with Gasteiger partial charge in [-0.05, 0) is 59.3 Å². The van der Waals surface area contributed by atoms with E-state index in [9.17, 15) is 4.39 Å². The van der Waals surface area contributed by atoms with Crippen molar-refractivity contribution in [3.05, 3.63) is 88.7 Å². The van der Waals surface area contributed by atoms with E-state index in [1.54, 1.807) is 41.8 Å². The fraction of sp³-hybridized carbons (Fsp3) is 0.240. The number of ether oxygens (including phenoxy) is 2. The van der Waals surface area contributed by atoms with Crippen molar-refractivity contribution >= 4 is 35.8 Å². The molecule has 0 fully saturated rings. The van der Waals surface area contributed by atoms with E-state index in [0.29, 0.717) is 28.6 Å². The molecule has 0 saturated carbocycles. The van der Waals surface area contributed by atoms with E-state index in [2.05, 4.69) is 20.8 Å². The SMILES string of the molecule is COc1cc(CNCCCSc2nnnn2-c2ccccc2)cc(Cl)c1OCc1ccccc1F.Cl. The van der Waals surface area contributed by atoms with E-state index in [4.69, 9.17) is 21.1 Å². The predicted molar refractivity (Wildman–Crippen MR) is 142 cm³/mol. The van der Waals surface area contributed by atoms with Crippen LogP contribution in [0.2, 0.25) is 5.02 Å². The molecule has 11 heteroatoms. The lowest BCUT2D eigenvalue weighted by molar-refractivity contribution is 0.279. The Morgan fingerprint density at radius 2 is 1.86 bits per heavy atom. The Kier molecular flexibility index (Phi) is 10.8. The Morgan fingerprint density at radius 1 is 1.08 bits per heavy atom. The average molecular weight is 550 g/mol. The number of para-hydroxylation sites is 1. The first-order chi connectivity index (χ1) is 17.2. The van der Waals surface area contributed by atoms with Crippen LogP contribution < -0.4 is 14.8 Å². The maximum Gasteiger partial charge on any atom is 0.214 e. The van der Waals surface area contributed by atoms with Crippen molar-refractivity contribution < 1.29 is 13.9 Å². The molecule has 0 amide bonds. The molecule has 1 N–H and O–H groups in total. The van der Waals surface area contributed by atoms with Crippen LogP contribution in [0.3, 0.4) is 0 Å². The molecule has 4 aromatic rings. The summed E-state index contributed by atoms with van der Waals surface area (Å²) in [5.74, 6) is 1.45. The minimum absolute atomic E-state index is 0. The van der Waals surface area contributed by atoms with Crippen LogP contribution >= 0.6 is 35.8 Å². The second-order valence-corrected chi connectivity index (χ2v) is 9.05. The van der Waals surface area contributed by atoms with Gasteiger partial charge in [0.1, 0.15) is 12.4 Å². The maximum atomic E-state index is 13.9. The number of nitrogens with one attached hydrogen (secondary N) is 1. The van der Waals surface area contributed by atoms with Gasteiger partial charge in [0.05, 0.1) is 17.8 Å². The molecule has 36 heavy (non-hydrogen) atoms. The molecule has 4 rings (SSSR count). The van der Waals surface area contributed by atoms with E-state index < -0.39 is 0 Å². The van der Waals surface area contributed by atoms with Gasteiger partial charge in [0, 0.05) is 17.9 Å². The van der Waals surface area contributed by atoms with Gasteiger partial charge in [-0.2, -0.15) is 4.68 Å². The number of hydrogen-bond donors (Lipinski definition) is 1. The zero-order valence-electron chi connectivity index (χ0n) is 19.6. The quantitative estimate of drug-likeness (QED) is 0.178. The maximum absolute atomic E-state index is 13.9. The van der Waals surface area contributed by atoms with Crippen molar-refractivity contribution in [3.63, 3.8) is 0 Å². The van der Waals surface area contributed by atoms with Crippen molar-refractivity contribution in [1.82, 2.24) is 25.5 Å². The smallest absolute Gasteiger partial charge is 0.214 e. The Bertz CT molecular complexity index is 1250. The summed E-state index contributed by atoms with van der Waals surface area (Å²) in [6, 6.07) is 20.0. The van der Waals surface area contributed by atoms with Gasteiger partial charge in [-0.1, -0.05) is 59.8 Å². The molecule has 0 bridgehead atoms. The number of rotatable bonds is 12. The molecular formula is C25H26Cl2FN5O2S. The molecule has 1 heterocycles. The number of methoxy groups -OCH3 is 1. The van der Waals surface area contributed by atoms with Gasteiger partial charge < -0.3 is 14.8 Å². The molecule has 0 unspecified atom stereocenters. The fourth-order valence-electron chi connectivity index (χ4n) is 3.37. The summed E-state index contributed by atoms with van der Waals surface area (Å²) in [6.45, 7) is 1.49. The molecule has 0 aliphatic rings. The number of thioether (sulfide) groups is 1. The number of aromatic nitrogens is 4. The van der Waals surface area contributed by atoms with Crippen molar-refractivity contribution in [2.45, 2.75) is 24.7 Å². The lowest BCUT2D eigenvalue weighted by atomic mass is 10.2. The molecule has 0 aliphatic heterocycles. The van der Waals surface area contributed by atoms with Crippen LogP contribution in [0.25, 0.3) is 5.69 Å². The van der Waals surface area contributed by atoms with Gasteiger partial charge in [0.25, 0.3) is 0 Å². The van der Waals surface area contributed by atoms with E-state index in [-0.39, 0.29) is 24.8 Å². The van der Waals surface area contributed by atoms with Crippen LogP contribution in [0, 0.1) is 5.82 Å². The first-order valence-corrected chi connectivity index (χ1v) is 12.4. The van der Waals surface area contributed by atoms with Crippen LogP contribution in [0.1, 0.15) is 17.5 Å². The van der Waals surface area contributed by atoms with Crippen molar-refractivity contribution in [2.24, 2.45) is 0 Å². The summed E-state index contributed by atoms with van der Waals surface area (Å²) in [6.07, 6.45) is 0.932. The second kappa shape index (κ2) is 14.0. The largest absolute Gasteiger partial charge is 0.493 e. The van der Waals surface area contributed by atoms with Crippen LogP contribution in [0.4, 0.5) is 4.39 Å². The molecule has 1 aromatic heterocycles. The molecule has 3 aromatic carbocycles. The van der Waals surface area contributed by atoms with Gasteiger partial charge in [-0.3, -0.25) is 0 Å². The summed E-state index contributed by atoms with van der Waals surface area (Å²) in [5.41, 5.74) is 2.35. The van der Waals surface area contributed by atoms with E-state index in [1.807, 2.05) is 42.5 Å². The van der Waals surface area contributed by atoms with Gasteiger partial charge in [-0.15, -0.1) is 17.5 Å². The van der Waals surface area contributed by atoms with Gasteiger partial charge >= 0.3 is 0 Å². The highest BCUT2D eigenvalue weighted by Gasteiger charge is 2.14. The number of tetrazole rings is 1. The first kappa shape index (κ1) is 27.7. The van der Waals surface area contributed by atoms with Gasteiger partial charge in [0.2, 0.25) is 5.16 Å².